The molecule has 32 nitrogen and oxygen atoms in total. The van der Waals surface area contributed by atoms with Crippen molar-refractivity contribution in [2.45, 2.75) is 180 Å². The predicted molar refractivity (Wildman–Crippen MR) is 314 cm³/mol. The average Bonchev–Trinajstić information content (AvgIpc) is 3.63. The van der Waals surface area contributed by atoms with E-state index in [1.54, 1.807) is 20.8 Å². The van der Waals surface area contributed by atoms with Crippen molar-refractivity contribution in [2.75, 3.05) is 26.2 Å². The van der Waals surface area contributed by atoms with Crippen LogP contribution >= 0.6 is 0 Å². The molecule has 0 aromatic heterocycles. The Morgan fingerprint density at radius 2 is 0.919 bits per heavy atom. The molecule has 0 saturated heterocycles. The van der Waals surface area contributed by atoms with E-state index in [0.29, 0.717) is 18.4 Å². The number of benzene rings is 1. The van der Waals surface area contributed by atoms with Crippen LogP contribution in [0.5, 0.6) is 5.75 Å². The number of hydrogen-bond donors (Lipinski definition) is 21. The van der Waals surface area contributed by atoms with Crippen LogP contribution in [0.3, 0.4) is 0 Å². The maximum Gasteiger partial charge on any atom is 0.305 e. The van der Waals surface area contributed by atoms with Crippen LogP contribution in [0, 0.1) is 28.6 Å². The van der Waals surface area contributed by atoms with Gasteiger partial charge < -0.3 is 102 Å². The summed E-state index contributed by atoms with van der Waals surface area (Å²) in [6.45, 7) is 10.7. The number of carbonyl (C=O) groups excluding carboxylic acids is 10. The second kappa shape index (κ2) is 39.3. The number of hydrogen-bond acceptors (Lipinski definition) is 17. The van der Waals surface area contributed by atoms with Crippen LogP contribution in [0.4, 0.5) is 0 Å². The average molecular weight is 1220 g/mol. The predicted octanol–water partition coefficient (Wildman–Crippen LogP) is -4.97. The summed E-state index contributed by atoms with van der Waals surface area (Å²) in [5.41, 5.74) is 22.5. The van der Waals surface area contributed by atoms with Crippen molar-refractivity contribution < 1.29 is 73.2 Å². The number of phenols is 1. The molecule has 32 heteroatoms. The minimum Gasteiger partial charge on any atom is -0.508 e. The molecule has 11 atom stereocenters. The topological polar surface area (TPSA) is 553 Å². The van der Waals surface area contributed by atoms with E-state index in [9.17, 15) is 73.2 Å². The summed E-state index contributed by atoms with van der Waals surface area (Å²) in [6.07, 6.45) is -1.80. The first-order valence-electron chi connectivity index (χ1n) is 28.5. The van der Waals surface area contributed by atoms with Crippen molar-refractivity contribution in [1.82, 2.24) is 58.5 Å². The van der Waals surface area contributed by atoms with Crippen LogP contribution in [0.2, 0.25) is 0 Å². The van der Waals surface area contributed by atoms with Gasteiger partial charge in [0, 0.05) is 25.4 Å². The van der Waals surface area contributed by atoms with Crippen LogP contribution in [-0.4, -0.2) is 184 Å². The monoisotopic (exact) mass is 1220 g/mol. The fraction of sp³-hybridized carbons (Fsp3) is 0.648. The number of amides is 10. The molecule has 1 aromatic carbocycles. The smallest absolute Gasteiger partial charge is 0.305 e. The van der Waals surface area contributed by atoms with E-state index < -0.39 is 144 Å². The highest BCUT2D eigenvalue weighted by atomic mass is 16.4. The van der Waals surface area contributed by atoms with E-state index in [2.05, 4.69) is 58.5 Å². The number of primary amides is 1. The largest absolute Gasteiger partial charge is 0.508 e. The van der Waals surface area contributed by atoms with Crippen LogP contribution < -0.4 is 81.4 Å². The van der Waals surface area contributed by atoms with Gasteiger partial charge in [0.25, 0.3) is 0 Å². The second-order valence-electron chi connectivity index (χ2n) is 21.8. The summed E-state index contributed by atoms with van der Waals surface area (Å²) in [5, 5.41) is 82.6. The van der Waals surface area contributed by atoms with Gasteiger partial charge >= 0.3 is 5.97 Å². The van der Waals surface area contributed by atoms with Crippen LogP contribution in [0.1, 0.15) is 118 Å². The molecule has 0 aliphatic heterocycles. The fourth-order valence-electron chi connectivity index (χ4n) is 8.54. The molecule has 0 fully saturated rings. The number of rotatable bonds is 41. The lowest BCUT2D eigenvalue weighted by molar-refractivity contribution is -0.142. The SMILES string of the molecule is CC(C)C[C@H](NC(=O)[C@H](CCCNC(=N)N)NC(=O)[C@H](Cc1ccc(O)cc1)NC(=O)[C@H](CCCCN)NC(=O)[C@H](CC(=O)O)NC(=O)[C@@H](NC(=O)[C@H](C)NC(=O)[C@H](CO)NC(=O)[C@H](CCCNC(=N)N)NC(=O)[C@@H](C)CC(C)C)[C@@H](C)O)C(N)=O. The maximum atomic E-state index is 14.4. The normalized spacial score (nSPS) is 14.9. The summed E-state index contributed by atoms with van der Waals surface area (Å²) >= 11 is 0. The van der Waals surface area contributed by atoms with Crippen molar-refractivity contribution in [3.63, 3.8) is 0 Å². The molecule has 0 unspecified atom stereocenters. The number of phenolic OH excluding ortho intramolecular Hbond substituents is 1. The van der Waals surface area contributed by atoms with Crippen molar-refractivity contribution >= 4 is 77.0 Å². The summed E-state index contributed by atoms with van der Waals surface area (Å²) in [4.78, 5) is 148. The Balaban J connectivity index is 3.48. The third kappa shape index (κ3) is 29.9. The Labute approximate surface area is 500 Å². The number of aromatic hydroxyl groups is 1. The summed E-state index contributed by atoms with van der Waals surface area (Å²) < 4.78 is 0. The quantitative estimate of drug-likeness (QED) is 0.0166. The summed E-state index contributed by atoms with van der Waals surface area (Å²) in [6, 6.07) is -8.43. The minimum atomic E-state index is -2.00. The van der Waals surface area contributed by atoms with Gasteiger partial charge in [-0.25, -0.2) is 0 Å². The van der Waals surface area contributed by atoms with Gasteiger partial charge in [-0.05, 0) is 108 Å². The molecule has 1 aromatic rings. The number of unbranched alkanes of at least 4 members (excludes halogenated alkanes) is 1. The van der Waals surface area contributed by atoms with E-state index in [0.717, 1.165) is 13.8 Å². The van der Waals surface area contributed by atoms with Crippen LogP contribution in [-0.2, 0) is 59.2 Å². The molecule has 1 rings (SSSR count). The highest BCUT2D eigenvalue weighted by molar-refractivity contribution is 5.99. The zero-order chi connectivity index (χ0) is 65.4. The van der Waals surface area contributed by atoms with E-state index in [4.69, 9.17) is 33.8 Å². The maximum absolute atomic E-state index is 14.4. The molecule has 86 heavy (non-hydrogen) atoms. The lowest BCUT2D eigenvalue weighted by Crippen LogP contribution is -2.62. The first-order chi connectivity index (χ1) is 40.3. The molecule has 484 valence electrons. The van der Waals surface area contributed by atoms with Gasteiger partial charge in [0.05, 0.1) is 19.1 Å². The first-order valence-corrected chi connectivity index (χ1v) is 28.5. The minimum absolute atomic E-state index is 0.0222. The van der Waals surface area contributed by atoms with Gasteiger partial charge in [-0.3, -0.25) is 63.6 Å². The van der Waals surface area contributed by atoms with Gasteiger partial charge in [0.15, 0.2) is 11.9 Å². The Hall–Kier alpha value is -8.39. The Morgan fingerprint density at radius 3 is 1.36 bits per heavy atom. The zero-order valence-corrected chi connectivity index (χ0v) is 50.0. The third-order valence-corrected chi connectivity index (χ3v) is 13.1. The van der Waals surface area contributed by atoms with Crippen molar-refractivity contribution in [3.05, 3.63) is 29.8 Å². The van der Waals surface area contributed by atoms with E-state index >= 15 is 0 Å². The summed E-state index contributed by atoms with van der Waals surface area (Å²) in [7, 11) is 0. The Bertz CT molecular complexity index is 2450. The van der Waals surface area contributed by atoms with Crippen LogP contribution in [0.25, 0.3) is 0 Å². The molecule has 0 aliphatic carbocycles. The zero-order valence-electron chi connectivity index (χ0n) is 50.0. The van der Waals surface area contributed by atoms with E-state index in [1.807, 2.05) is 13.8 Å². The number of nitrogens with one attached hydrogen (secondary N) is 13. The van der Waals surface area contributed by atoms with Gasteiger partial charge in [-0.15, -0.1) is 0 Å². The highest BCUT2D eigenvalue weighted by Gasteiger charge is 2.37. The standard InChI is InChI=1S/C54H93N17O15/c1-27(2)22-29(5)44(78)64-35(13-10-20-61-53(57)58)48(82)70-40(26-72)51(85)63-30(6)45(79)71-42(31(7)73)52(86)69-39(25-41(75)76)50(84)65-34(12-8-9-19-55)47(81)68-38(24-32-15-17-33(74)18-16-32)49(83)66-36(14-11-21-62-54(59)60)46(80)67-37(43(56)77)23-28(3)4/h15-18,27-31,34-40,42,72-74H,8-14,19-26,55H2,1-7H3,(H2,56,77)(H,63,85)(H,64,78)(H,65,84)(H,66,83)(H,67,80)(H,68,81)(H,69,86)(H,70,82)(H,71,79)(H,75,76)(H4,57,58,61)(H4,59,60,62)/t29-,30-,31+,34-,35-,36-,37-,38-,39-,40-,42-/m0/s1. The lowest BCUT2D eigenvalue weighted by atomic mass is 9.97. The number of carbonyl (C=O) groups is 11. The molecule has 0 heterocycles. The number of carboxylic acid groups (broad SMARTS) is 1. The van der Waals surface area contributed by atoms with Crippen LogP contribution in [0.15, 0.2) is 24.3 Å². The molecular formula is C54H93N17O15. The van der Waals surface area contributed by atoms with E-state index in [-0.39, 0.29) is 101 Å². The lowest BCUT2D eigenvalue weighted by Gasteiger charge is -2.28. The van der Waals surface area contributed by atoms with E-state index in [1.165, 1.54) is 24.3 Å². The molecule has 25 N–H and O–H groups in total. The van der Waals surface area contributed by atoms with Crippen molar-refractivity contribution in [3.8, 4) is 5.75 Å². The number of guanidine groups is 2. The first kappa shape index (κ1) is 75.6. The number of aliphatic hydroxyl groups is 2. The molecule has 0 radical (unpaired) electrons. The highest BCUT2D eigenvalue weighted by Crippen LogP contribution is 2.15. The molecule has 0 spiro atoms. The van der Waals surface area contributed by atoms with Crippen molar-refractivity contribution in [2.24, 2.45) is 40.7 Å². The molecule has 0 saturated carbocycles. The molecule has 0 bridgehead atoms. The number of nitrogens with two attached hydrogens (primary N) is 4. The van der Waals surface area contributed by atoms with Gasteiger partial charge in [-0.1, -0.05) is 46.8 Å². The summed E-state index contributed by atoms with van der Waals surface area (Å²) in [5.74, 6) is -12.5. The second-order valence-corrected chi connectivity index (χ2v) is 21.8. The number of aliphatic hydroxyl groups excluding tert-OH is 2. The van der Waals surface area contributed by atoms with Crippen molar-refractivity contribution in [1.29, 1.82) is 10.8 Å². The Kier molecular flexibility index (Phi) is 34.5. The number of carboxylic acids is 1. The molecule has 0 aliphatic rings. The van der Waals surface area contributed by atoms with Gasteiger partial charge in [0.2, 0.25) is 59.1 Å². The molecule has 10 amide bonds. The fourth-order valence-corrected chi connectivity index (χ4v) is 8.54. The third-order valence-electron chi connectivity index (χ3n) is 13.1. The molecular weight excluding hydrogens is 1130 g/mol. The number of aliphatic carboxylic acids is 1. The van der Waals surface area contributed by atoms with Gasteiger partial charge in [0.1, 0.15) is 60.1 Å². The Morgan fingerprint density at radius 1 is 0.500 bits per heavy atom. The van der Waals surface area contributed by atoms with Gasteiger partial charge in [-0.2, -0.15) is 0 Å².